The lowest BCUT2D eigenvalue weighted by Gasteiger charge is -2.13. The van der Waals surface area contributed by atoms with Gasteiger partial charge in [-0.2, -0.15) is 5.10 Å². The molecule has 0 amide bonds. The van der Waals surface area contributed by atoms with Crippen molar-refractivity contribution in [3.8, 4) is 11.3 Å². The minimum absolute atomic E-state index is 0.323. The van der Waals surface area contributed by atoms with Crippen LogP contribution in [0, 0.1) is 6.92 Å². The van der Waals surface area contributed by atoms with Crippen LogP contribution in [0.3, 0.4) is 0 Å². The Labute approximate surface area is 188 Å². The third-order valence-corrected chi connectivity index (χ3v) is 6.82. The number of H-pyrrole nitrogens is 1. The van der Waals surface area contributed by atoms with E-state index in [2.05, 4.69) is 36.9 Å². The predicted octanol–water partition coefficient (Wildman–Crippen LogP) is 3.93. The molecule has 8 nitrogen and oxygen atoms in total. The number of aromatic nitrogens is 4. The Hall–Kier alpha value is -3.56. The summed E-state index contributed by atoms with van der Waals surface area (Å²) in [6.45, 7) is 2.72. The molecule has 1 aliphatic rings. The van der Waals surface area contributed by atoms with Gasteiger partial charge in [0.1, 0.15) is 17.8 Å². The topological polar surface area (TPSA) is 116 Å². The second-order valence-electron chi connectivity index (χ2n) is 7.69. The van der Waals surface area contributed by atoms with Gasteiger partial charge in [-0.3, -0.25) is 4.79 Å². The predicted molar refractivity (Wildman–Crippen MR) is 125 cm³/mol. The number of fused-ring (bicyclic) bond motifs is 1. The highest BCUT2D eigenvalue weighted by Gasteiger charge is 2.23. The second kappa shape index (κ2) is 8.52. The normalized spacial score (nSPS) is 14.9. The summed E-state index contributed by atoms with van der Waals surface area (Å²) in [5.74, 6) is 0.530. The van der Waals surface area contributed by atoms with Gasteiger partial charge in [-0.1, -0.05) is 12.1 Å². The van der Waals surface area contributed by atoms with Crippen LogP contribution in [0.1, 0.15) is 33.4 Å². The Balaban J connectivity index is 1.38. The van der Waals surface area contributed by atoms with E-state index in [9.17, 15) is 9.90 Å². The molecule has 0 bridgehead atoms. The maximum absolute atomic E-state index is 12.2. The smallest absolute Gasteiger partial charge is 0.287 e. The van der Waals surface area contributed by atoms with Gasteiger partial charge in [-0.25, -0.2) is 15.1 Å². The lowest BCUT2D eigenvalue weighted by molar-refractivity contribution is 0.180. The maximum atomic E-state index is 12.2. The fraction of sp³-hybridized carbons (Fsp3) is 0.217. The molecule has 1 aromatic carbocycles. The number of rotatable bonds is 6. The van der Waals surface area contributed by atoms with Gasteiger partial charge in [0.05, 0.1) is 11.8 Å². The third-order valence-electron chi connectivity index (χ3n) is 5.61. The highest BCUT2D eigenvalue weighted by Crippen LogP contribution is 2.37. The molecule has 5 rings (SSSR count). The minimum Gasteiger partial charge on any atom is -0.388 e. The van der Waals surface area contributed by atoms with E-state index >= 15 is 0 Å². The maximum Gasteiger partial charge on any atom is 0.287 e. The second-order valence-corrected chi connectivity index (χ2v) is 8.91. The molecule has 0 radical (unpaired) electrons. The summed E-state index contributed by atoms with van der Waals surface area (Å²) in [6.07, 6.45) is 4.49. The minimum atomic E-state index is -0.327. The summed E-state index contributed by atoms with van der Waals surface area (Å²) in [4.78, 5) is 22.7. The molecule has 3 heterocycles. The lowest BCUT2D eigenvalue weighted by Crippen LogP contribution is -2.14. The number of aliphatic hydroxyl groups excluding tert-OH is 1. The highest BCUT2D eigenvalue weighted by atomic mass is 32.1. The number of benzene rings is 1. The largest absolute Gasteiger partial charge is 0.388 e. The van der Waals surface area contributed by atoms with Crippen molar-refractivity contribution >= 4 is 28.5 Å². The van der Waals surface area contributed by atoms with Crippen LogP contribution in [0.2, 0.25) is 0 Å². The highest BCUT2D eigenvalue weighted by molar-refractivity contribution is 7.12. The van der Waals surface area contributed by atoms with Crippen molar-refractivity contribution in [2.45, 2.75) is 32.4 Å². The zero-order valence-corrected chi connectivity index (χ0v) is 18.2. The van der Waals surface area contributed by atoms with Gasteiger partial charge in [-0.05, 0) is 55.2 Å². The molecule has 4 aromatic rings. The number of nitrogens with zero attached hydrogens (tertiary/aromatic N) is 3. The first-order valence-electron chi connectivity index (χ1n) is 10.3. The van der Waals surface area contributed by atoms with E-state index in [-0.39, 0.29) is 11.7 Å². The van der Waals surface area contributed by atoms with E-state index in [1.165, 1.54) is 16.1 Å². The molecule has 0 saturated carbocycles. The third kappa shape index (κ3) is 4.00. The van der Waals surface area contributed by atoms with Crippen molar-refractivity contribution in [2.24, 2.45) is 0 Å². The number of nitrogens with one attached hydrogen (secondary N) is 3. The molecular formula is C23H22N6O2S. The van der Waals surface area contributed by atoms with Gasteiger partial charge in [0.2, 0.25) is 0 Å². The van der Waals surface area contributed by atoms with Crippen LogP contribution in [-0.4, -0.2) is 25.3 Å². The fourth-order valence-corrected chi connectivity index (χ4v) is 5.09. The van der Waals surface area contributed by atoms with Gasteiger partial charge in [-0.15, -0.1) is 11.3 Å². The molecule has 0 fully saturated rings. The van der Waals surface area contributed by atoms with Gasteiger partial charge in [0, 0.05) is 33.7 Å². The average Bonchev–Trinajstić information content (AvgIpc) is 3.37. The fourth-order valence-electron chi connectivity index (χ4n) is 3.91. The molecular weight excluding hydrogens is 424 g/mol. The quantitative estimate of drug-likeness (QED) is 0.355. The number of hydrogen-bond acceptors (Lipinski definition) is 8. The molecule has 9 heteroatoms. The first kappa shape index (κ1) is 20.3. The van der Waals surface area contributed by atoms with Gasteiger partial charge < -0.3 is 15.7 Å². The summed E-state index contributed by atoms with van der Waals surface area (Å²) >= 11 is 1.76. The molecule has 32 heavy (non-hydrogen) atoms. The van der Waals surface area contributed by atoms with Gasteiger partial charge >= 0.3 is 0 Å². The Morgan fingerprint density at radius 2 is 2.16 bits per heavy atom. The van der Waals surface area contributed by atoms with Crippen LogP contribution in [0.5, 0.6) is 0 Å². The van der Waals surface area contributed by atoms with E-state index in [1.807, 2.05) is 25.1 Å². The van der Waals surface area contributed by atoms with Crippen molar-refractivity contribution in [1.82, 2.24) is 20.2 Å². The van der Waals surface area contributed by atoms with Gasteiger partial charge in [0.15, 0.2) is 0 Å². The number of aromatic amines is 1. The van der Waals surface area contributed by atoms with Crippen molar-refractivity contribution in [3.05, 3.63) is 80.2 Å². The summed E-state index contributed by atoms with van der Waals surface area (Å²) in [7, 11) is 0. The van der Waals surface area contributed by atoms with Crippen LogP contribution in [0.25, 0.3) is 11.3 Å². The van der Waals surface area contributed by atoms with E-state index in [4.69, 9.17) is 0 Å². The summed E-state index contributed by atoms with van der Waals surface area (Å²) in [5.41, 5.74) is 4.71. The van der Waals surface area contributed by atoms with Crippen molar-refractivity contribution < 1.29 is 5.11 Å². The summed E-state index contributed by atoms with van der Waals surface area (Å²) < 4.78 is 0. The number of thiophene rings is 1. The molecule has 3 aromatic heterocycles. The zero-order valence-electron chi connectivity index (χ0n) is 17.4. The lowest BCUT2D eigenvalue weighted by atomic mass is 10.0. The number of aryl methyl sites for hydroxylation is 1. The molecule has 162 valence electrons. The van der Waals surface area contributed by atoms with Crippen LogP contribution in [-0.2, 0) is 13.0 Å². The van der Waals surface area contributed by atoms with Crippen LogP contribution in [0.4, 0.5) is 17.2 Å². The van der Waals surface area contributed by atoms with Crippen LogP contribution >= 0.6 is 11.3 Å². The molecule has 4 N–H and O–H groups in total. The zero-order chi connectivity index (χ0) is 22.1. The van der Waals surface area contributed by atoms with Gasteiger partial charge in [0.25, 0.3) is 5.56 Å². The first-order chi connectivity index (χ1) is 15.6. The van der Waals surface area contributed by atoms with Crippen molar-refractivity contribution in [1.29, 1.82) is 0 Å². The van der Waals surface area contributed by atoms with Crippen molar-refractivity contribution in [3.63, 3.8) is 0 Å². The Morgan fingerprint density at radius 3 is 2.97 bits per heavy atom. The molecule has 0 spiro atoms. The molecule has 1 aliphatic carbocycles. The standard InChI is InChI=1S/C23H22N6O2S/c1-13-15(18-10-19(23(31)29-28-18)27-22-7-8-24-12-26-22)3-2-4-17(13)25-11-14-9-16-20(30)5-6-21(16)32-14/h2-4,7-10,12,20,25,30H,5-6,11H2,1H3,(H,29,31)(H,24,26,27,28). The molecule has 0 saturated heterocycles. The van der Waals surface area contributed by atoms with E-state index < -0.39 is 0 Å². The summed E-state index contributed by atoms with van der Waals surface area (Å²) in [5, 5.41) is 23.4. The molecule has 1 atom stereocenters. The number of aliphatic hydroxyl groups is 1. The Morgan fingerprint density at radius 1 is 1.25 bits per heavy atom. The van der Waals surface area contributed by atoms with Crippen LogP contribution < -0.4 is 16.2 Å². The van der Waals surface area contributed by atoms with Crippen molar-refractivity contribution in [2.75, 3.05) is 10.6 Å². The number of hydrogen-bond donors (Lipinski definition) is 4. The number of anilines is 3. The van der Waals surface area contributed by atoms with E-state index in [0.29, 0.717) is 23.7 Å². The molecule has 1 unspecified atom stereocenters. The molecule has 0 aliphatic heterocycles. The van der Waals surface area contributed by atoms with E-state index in [1.54, 1.807) is 29.7 Å². The Kier molecular flexibility index (Phi) is 5.42. The van der Waals surface area contributed by atoms with E-state index in [0.717, 1.165) is 35.2 Å². The summed E-state index contributed by atoms with van der Waals surface area (Å²) in [6, 6.07) is 11.5. The monoisotopic (exact) mass is 446 g/mol. The Bertz CT molecular complexity index is 1320. The first-order valence-corrected chi connectivity index (χ1v) is 11.2. The van der Waals surface area contributed by atoms with Crippen LogP contribution in [0.15, 0.2) is 53.7 Å². The average molecular weight is 447 g/mol. The SMILES string of the molecule is Cc1c(NCc2cc3c(s2)CCC3O)cccc1-c1cc(Nc2ccncn2)c(=O)[nH]n1.